The average molecular weight is 231 g/mol. The van der Waals surface area contributed by atoms with Gasteiger partial charge in [-0.25, -0.2) is 14.8 Å². The van der Waals surface area contributed by atoms with Gasteiger partial charge in [-0.2, -0.15) is 0 Å². The van der Waals surface area contributed by atoms with Gasteiger partial charge >= 0.3 is 5.97 Å². The summed E-state index contributed by atoms with van der Waals surface area (Å²) in [6, 6.07) is 6.46. The van der Waals surface area contributed by atoms with Crippen molar-refractivity contribution in [2.24, 2.45) is 0 Å². The molecule has 0 saturated heterocycles. The van der Waals surface area contributed by atoms with Crippen LogP contribution in [0.2, 0.25) is 0 Å². The molecule has 0 saturated carbocycles. The molecule has 0 bridgehead atoms. The van der Waals surface area contributed by atoms with Crippen LogP contribution in [0.1, 0.15) is 10.5 Å². The molecule has 6 nitrogen and oxygen atoms in total. The average Bonchev–Trinajstić information content (AvgIpc) is 2.32. The molecule has 2 aromatic rings. The van der Waals surface area contributed by atoms with Gasteiger partial charge in [0.25, 0.3) is 0 Å². The molecule has 17 heavy (non-hydrogen) atoms. The van der Waals surface area contributed by atoms with Crippen LogP contribution in [-0.2, 0) is 0 Å². The lowest BCUT2D eigenvalue weighted by molar-refractivity contribution is 0.0691. The molecule has 0 aliphatic carbocycles. The highest BCUT2D eigenvalue weighted by Gasteiger charge is 2.13. The molecule has 0 amide bonds. The predicted octanol–water partition coefficient (Wildman–Crippen LogP) is 1.62. The number of phenols is 1. The summed E-state index contributed by atoms with van der Waals surface area (Å²) in [5, 5.41) is 21.2. The molecule has 3 N–H and O–H groups in total. The van der Waals surface area contributed by atoms with E-state index in [1.54, 1.807) is 18.2 Å². The van der Waals surface area contributed by atoms with Crippen molar-refractivity contribution in [3.63, 3.8) is 0 Å². The van der Waals surface area contributed by atoms with Crippen LogP contribution in [-0.4, -0.2) is 26.2 Å². The van der Waals surface area contributed by atoms with Crippen molar-refractivity contribution >= 4 is 17.5 Å². The molecule has 0 atom stereocenters. The van der Waals surface area contributed by atoms with Crippen LogP contribution < -0.4 is 5.32 Å². The van der Waals surface area contributed by atoms with Crippen molar-refractivity contribution in [3.05, 3.63) is 42.4 Å². The Morgan fingerprint density at radius 1 is 1.18 bits per heavy atom. The number of carboxylic acids is 1. The van der Waals surface area contributed by atoms with Crippen LogP contribution in [0, 0.1) is 0 Å². The number of carbonyl (C=O) groups is 1. The van der Waals surface area contributed by atoms with Gasteiger partial charge in [0.2, 0.25) is 0 Å². The molecule has 0 radical (unpaired) electrons. The summed E-state index contributed by atoms with van der Waals surface area (Å²) in [5.41, 5.74) is 0.172. The lowest BCUT2D eigenvalue weighted by Crippen LogP contribution is -2.07. The number of carboxylic acid groups (broad SMARTS) is 1. The van der Waals surface area contributed by atoms with E-state index in [0.717, 1.165) is 0 Å². The van der Waals surface area contributed by atoms with Crippen molar-refractivity contribution < 1.29 is 15.0 Å². The van der Waals surface area contributed by atoms with Crippen LogP contribution in [0.4, 0.5) is 11.5 Å². The third-order valence-electron chi connectivity index (χ3n) is 2.06. The first kappa shape index (κ1) is 10.9. The quantitative estimate of drug-likeness (QED) is 0.695. The number of aromatic carboxylic acids is 1. The van der Waals surface area contributed by atoms with E-state index >= 15 is 0 Å². The first-order valence-electron chi connectivity index (χ1n) is 4.78. The van der Waals surface area contributed by atoms with Crippen LogP contribution in [0.5, 0.6) is 5.75 Å². The Morgan fingerprint density at radius 2 is 1.88 bits per heavy atom. The second-order valence-electron chi connectivity index (χ2n) is 3.20. The predicted molar refractivity (Wildman–Crippen MR) is 60.4 cm³/mol. The highest BCUT2D eigenvalue weighted by atomic mass is 16.4. The van der Waals surface area contributed by atoms with Crippen LogP contribution >= 0.6 is 0 Å². The van der Waals surface area contributed by atoms with Gasteiger partial charge in [0.1, 0.15) is 5.75 Å². The molecule has 86 valence electrons. The highest BCUT2D eigenvalue weighted by molar-refractivity contribution is 5.91. The zero-order chi connectivity index (χ0) is 12.3. The minimum absolute atomic E-state index is 0.00879. The van der Waals surface area contributed by atoms with Crippen LogP contribution in [0.25, 0.3) is 0 Å². The molecule has 0 aliphatic rings. The van der Waals surface area contributed by atoms with Crippen LogP contribution in [0.3, 0.4) is 0 Å². The Morgan fingerprint density at radius 3 is 2.59 bits per heavy atom. The number of para-hydroxylation sites is 2. The number of aromatic hydroxyl groups is 1. The first-order chi connectivity index (χ1) is 8.18. The topological polar surface area (TPSA) is 95.3 Å². The van der Waals surface area contributed by atoms with Gasteiger partial charge < -0.3 is 15.5 Å². The number of hydrogen-bond acceptors (Lipinski definition) is 5. The van der Waals surface area contributed by atoms with E-state index in [4.69, 9.17) is 5.11 Å². The summed E-state index contributed by atoms with van der Waals surface area (Å²) in [6.45, 7) is 0. The molecule has 1 aromatic carbocycles. The van der Waals surface area contributed by atoms with Crippen molar-refractivity contribution in [2.45, 2.75) is 0 Å². The third-order valence-corrected chi connectivity index (χ3v) is 2.06. The summed E-state index contributed by atoms with van der Waals surface area (Å²) in [6.07, 6.45) is 2.66. The lowest BCUT2D eigenvalue weighted by Gasteiger charge is -2.08. The van der Waals surface area contributed by atoms with Crippen molar-refractivity contribution in [3.8, 4) is 5.75 Å². The van der Waals surface area contributed by atoms with E-state index in [2.05, 4.69) is 15.3 Å². The Labute approximate surface area is 96.6 Å². The Hall–Kier alpha value is -2.63. The highest BCUT2D eigenvalue weighted by Crippen LogP contribution is 2.25. The fourth-order valence-corrected chi connectivity index (χ4v) is 1.29. The SMILES string of the molecule is O=C(O)c1nccnc1Nc1ccccc1O. The molecule has 1 heterocycles. The first-order valence-corrected chi connectivity index (χ1v) is 4.78. The van der Waals surface area contributed by atoms with Gasteiger partial charge in [-0.3, -0.25) is 0 Å². The Balaban J connectivity index is 2.37. The monoisotopic (exact) mass is 231 g/mol. The maximum Gasteiger partial charge on any atom is 0.358 e. The van der Waals surface area contributed by atoms with Gasteiger partial charge in [-0.1, -0.05) is 12.1 Å². The van der Waals surface area contributed by atoms with Crippen molar-refractivity contribution in [1.29, 1.82) is 0 Å². The van der Waals surface area contributed by atoms with Gasteiger partial charge in [0.15, 0.2) is 11.5 Å². The lowest BCUT2D eigenvalue weighted by atomic mass is 10.3. The number of nitrogens with one attached hydrogen (secondary N) is 1. The van der Waals surface area contributed by atoms with Gasteiger partial charge in [0, 0.05) is 12.4 Å². The number of anilines is 2. The van der Waals surface area contributed by atoms with E-state index in [1.807, 2.05) is 0 Å². The second-order valence-corrected chi connectivity index (χ2v) is 3.20. The number of aromatic nitrogens is 2. The molecule has 0 spiro atoms. The number of benzene rings is 1. The number of hydrogen-bond donors (Lipinski definition) is 3. The largest absolute Gasteiger partial charge is 0.506 e. The van der Waals surface area contributed by atoms with Gasteiger partial charge in [-0.15, -0.1) is 0 Å². The summed E-state index contributed by atoms with van der Waals surface area (Å²) in [5.74, 6) is -1.09. The maximum absolute atomic E-state index is 10.9. The molecular weight excluding hydrogens is 222 g/mol. The zero-order valence-electron chi connectivity index (χ0n) is 8.66. The zero-order valence-corrected chi connectivity index (χ0v) is 8.66. The number of phenolic OH excluding ortho intramolecular Hbond substituents is 1. The van der Waals surface area contributed by atoms with E-state index in [9.17, 15) is 9.90 Å². The maximum atomic E-state index is 10.9. The molecule has 2 rings (SSSR count). The fraction of sp³-hybridized carbons (Fsp3) is 0. The minimum atomic E-state index is -1.18. The summed E-state index contributed by atoms with van der Waals surface area (Å²) < 4.78 is 0. The Bertz CT molecular complexity index is 557. The van der Waals surface area contributed by atoms with E-state index in [-0.39, 0.29) is 17.3 Å². The van der Waals surface area contributed by atoms with E-state index in [0.29, 0.717) is 5.69 Å². The summed E-state index contributed by atoms with van der Waals surface area (Å²) in [4.78, 5) is 18.5. The van der Waals surface area contributed by atoms with Crippen molar-refractivity contribution in [2.75, 3.05) is 5.32 Å². The van der Waals surface area contributed by atoms with E-state index in [1.165, 1.54) is 18.5 Å². The van der Waals surface area contributed by atoms with Crippen LogP contribution in [0.15, 0.2) is 36.7 Å². The normalized spacial score (nSPS) is 9.88. The Kier molecular flexibility index (Phi) is 2.87. The number of rotatable bonds is 3. The van der Waals surface area contributed by atoms with Gasteiger partial charge in [-0.05, 0) is 12.1 Å². The molecule has 0 aliphatic heterocycles. The van der Waals surface area contributed by atoms with E-state index < -0.39 is 5.97 Å². The fourth-order valence-electron chi connectivity index (χ4n) is 1.29. The standard InChI is InChI=1S/C11H9N3O3/c15-8-4-2-1-3-7(8)14-10-9(11(16)17)12-5-6-13-10/h1-6,15H,(H,13,14)(H,16,17). The molecule has 0 fully saturated rings. The second kappa shape index (κ2) is 4.48. The molecular formula is C11H9N3O3. The number of nitrogens with zero attached hydrogens (tertiary/aromatic N) is 2. The van der Waals surface area contributed by atoms with Gasteiger partial charge in [0.05, 0.1) is 5.69 Å². The molecule has 0 unspecified atom stereocenters. The minimum Gasteiger partial charge on any atom is -0.506 e. The van der Waals surface area contributed by atoms with Crippen molar-refractivity contribution in [1.82, 2.24) is 9.97 Å². The molecule has 6 heteroatoms. The summed E-state index contributed by atoms with van der Waals surface area (Å²) >= 11 is 0. The summed E-state index contributed by atoms with van der Waals surface area (Å²) in [7, 11) is 0. The smallest absolute Gasteiger partial charge is 0.358 e. The molecule has 1 aromatic heterocycles. The third kappa shape index (κ3) is 2.31.